The van der Waals surface area contributed by atoms with Gasteiger partial charge in [0.15, 0.2) is 5.78 Å². The minimum Gasteiger partial charge on any atom is -0.398 e. The summed E-state index contributed by atoms with van der Waals surface area (Å²) < 4.78 is 0. The molecular weight excluding hydrogens is 234 g/mol. The van der Waals surface area contributed by atoms with Crippen molar-refractivity contribution in [1.29, 1.82) is 0 Å². The number of ketones is 1. The smallest absolute Gasteiger partial charge is 0.166 e. The largest absolute Gasteiger partial charge is 0.398 e. The Hall–Kier alpha value is -1.02. The van der Waals surface area contributed by atoms with Crippen LogP contribution in [0, 0.1) is 11.8 Å². The molecule has 0 saturated heterocycles. The zero-order chi connectivity index (χ0) is 12.4. The molecule has 0 spiro atoms. The van der Waals surface area contributed by atoms with Crippen molar-refractivity contribution in [1.82, 2.24) is 0 Å². The van der Waals surface area contributed by atoms with Crippen molar-refractivity contribution in [2.75, 3.05) is 5.73 Å². The van der Waals surface area contributed by atoms with E-state index in [0.29, 0.717) is 22.2 Å². The highest BCUT2D eigenvalue weighted by molar-refractivity contribution is 6.33. The van der Waals surface area contributed by atoms with Crippen LogP contribution in [0.15, 0.2) is 18.2 Å². The summed E-state index contributed by atoms with van der Waals surface area (Å²) in [5.74, 6) is 1.04. The molecule has 92 valence electrons. The fourth-order valence-corrected chi connectivity index (χ4v) is 2.72. The summed E-state index contributed by atoms with van der Waals surface area (Å²) in [5, 5.41) is 0.513. The number of benzene rings is 1. The predicted molar refractivity (Wildman–Crippen MR) is 71.3 cm³/mol. The first-order valence-electron chi connectivity index (χ1n) is 6.17. The van der Waals surface area contributed by atoms with Crippen LogP contribution in [0.4, 0.5) is 5.69 Å². The molecular formula is C14H18ClNO. The van der Waals surface area contributed by atoms with Gasteiger partial charge < -0.3 is 5.73 Å². The Bertz CT molecular complexity index is 430. The molecule has 1 fully saturated rings. The maximum atomic E-state index is 12.3. The quantitative estimate of drug-likeness (QED) is 0.639. The highest BCUT2D eigenvalue weighted by atomic mass is 35.5. The molecule has 1 saturated carbocycles. The van der Waals surface area contributed by atoms with Crippen LogP contribution >= 0.6 is 11.6 Å². The second-order valence-electron chi connectivity index (χ2n) is 5.07. The van der Waals surface area contributed by atoms with Gasteiger partial charge in [0.25, 0.3) is 0 Å². The molecule has 2 atom stereocenters. The summed E-state index contributed by atoms with van der Waals surface area (Å²) in [6.45, 7) is 2.22. The normalized spacial score (nSPS) is 24.6. The molecule has 1 aliphatic carbocycles. The molecule has 2 N–H and O–H groups in total. The summed E-state index contributed by atoms with van der Waals surface area (Å²) in [6.07, 6.45) is 4.40. The summed E-state index contributed by atoms with van der Waals surface area (Å²) in [7, 11) is 0. The topological polar surface area (TPSA) is 43.1 Å². The zero-order valence-corrected chi connectivity index (χ0v) is 10.8. The maximum Gasteiger partial charge on any atom is 0.166 e. The predicted octanol–water partition coefficient (Wildman–Crippen LogP) is 3.93. The number of carbonyl (C=O) groups excluding carboxylic acids is 1. The van der Waals surface area contributed by atoms with Gasteiger partial charge in [-0.05, 0) is 37.0 Å². The number of halogens is 1. The van der Waals surface area contributed by atoms with E-state index in [-0.39, 0.29) is 11.7 Å². The molecule has 2 rings (SSSR count). The molecule has 1 aliphatic rings. The summed E-state index contributed by atoms with van der Waals surface area (Å²) in [4.78, 5) is 12.3. The number of Topliss-reactive ketones (excluding diaryl/α,β-unsaturated/α-hetero) is 1. The Morgan fingerprint density at radius 1 is 1.41 bits per heavy atom. The zero-order valence-electron chi connectivity index (χ0n) is 10.1. The molecule has 0 bridgehead atoms. The summed E-state index contributed by atoms with van der Waals surface area (Å²) in [6, 6.07) is 5.18. The van der Waals surface area contributed by atoms with Gasteiger partial charge in [-0.15, -0.1) is 0 Å². The van der Waals surface area contributed by atoms with Gasteiger partial charge in [-0.1, -0.05) is 31.4 Å². The van der Waals surface area contributed by atoms with E-state index < -0.39 is 0 Å². The van der Waals surface area contributed by atoms with Crippen molar-refractivity contribution in [2.45, 2.75) is 32.6 Å². The first-order valence-corrected chi connectivity index (χ1v) is 6.55. The van der Waals surface area contributed by atoms with E-state index in [9.17, 15) is 4.79 Å². The van der Waals surface area contributed by atoms with Gasteiger partial charge in [0.2, 0.25) is 0 Å². The number of nitrogen functional groups attached to an aromatic ring is 1. The number of nitrogens with two attached hydrogens (primary N) is 1. The van der Waals surface area contributed by atoms with Crippen molar-refractivity contribution >= 4 is 23.1 Å². The third kappa shape index (κ3) is 2.81. The van der Waals surface area contributed by atoms with Gasteiger partial charge in [0.1, 0.15) is 0 Å². The van der Waals surface area contributed by atoms with Crippen LogP contribution in [-0.2, 0) is 0 Å². The molecule has 0 aliphatic heterocycles. The molecule has 0 heterocycles. The van der Waals surface area contributed by atoms with E-state index in [1.54, 1.807) is 18.2 Å². The number of carbonyl (C=O) groups is 1. The standard InChI is InChI=1S/C14H18ClNO/c1-9-3-2-4-10(7-9)14(17)11-5-6-12(15)13(16)8-11/h5-6,8-10H,2-4,7,16H2,1H3. The third-order valence-corrected chi connectivity index (χ3v) is 3.93. The Morgan fingerprint density at radius 2 is 2.18 bits per heavy atom. The third-order valence-electron chi connectivity index (χ3n) is 3.59. The first-order chi connectivity index (χ1) is 8.08. The molecule has 3 heteroatoms. The molecule has 1 aromatic rings. The van der Waals surface area contributed by atoms with Crippen LogP contribution in [0.2, 0.25) is 5.02 Å². The molecule has 0 aromatic heterocycles. The fraction of sp³-hybridized carbons (Fsp3) is 0.500. The van der Waals surface area contributed by atoms with E-state index >= 15 is 0 Å². The Morgan fingerprint density at radius 3 is 2.82 bits per heavy atom. The van der Waals surface area contributed by atoms with Gasteiger partial charge >= 0.3 is 0 Å². The number of hydrogen-bond acceptors (Lipinski definition) is 2. The van der Waals surface area contributed by atoms with Crippen molar-refractivity contribution in [3.05, 3.63) is 28.8 Å². The lowest BCUT2D eigenvalue weighted by atomic mass is 9.79. The SMILES string of the molecule is CC1CCCC(C(=O)c2ccc(Cl)c(N)c2)C1. The minimum atomic E-state index is 0.166. The lowest BCUT2D eigenvalue weighted by Gasteiger charge is -2.25. The van der Waals surface area contributed by atoms with E-state index in [1.165, 1.54) is 6.42 Å². The van der Waals surface area contributed by atoms with E-state index in [1.807, 2.05) is 0 Å². The first kappa shape index (κ1) is 12.4. The van der Waals surface area contributed by atoms with Gasteiger partial charge in [0.05, 0.1) is 10.7 Å². The summed E-state index contributed by atoms with van der Waals surface area (Å²) in [5.41, 5.74) is 6.92. The van der Waals surface area contributed by atoms with Crippen LogP contribution in [0.25, 0.3) is 0 Å². The second-order valence-corrected chi connectivity index (χ2v) is 5.48. The van der Waals surface area contributed by atoms with E-state index in [4.69, 9.17) is 17.3 Å². The monoisotopic (exact) mass is 251 g/mol. The van der Waals surface area contributed by atoms with Gasteiger partial charge in [-0.25, -0.2) is 0 Å². The average Bonchev–Trinajstić information content (AvgIpc) is 2.32. The van der Waals surface area contributed by atoms with Crippen LogP contribution in [0.5, 0.6) is 0 Å². The van der Waals surface area contributed by atoms with Crippen molar-refractivity contribution in [3.63, 3.8) is 0 Å². The lowest BCUT2D eigenvalue weighted by molar-refractivity contribution is 0.0868. The number of rotatable bonds is 2. The second kappa shape index (κ2) is 5.09. The fourth-order valence-electron chi connectivity index (χ4n) is 2.60. The number of anilines is 1. The van der Waals surface area contributed by atoms with Crippen molar-refractivity contribution < 1.29 is 4.79 Å². The Kier molecular flexibility index (Phi) is 3.72. The number of hydrogen-bond donors (Lipinski definition) is 1. The molecule has 0 amide bonds. The molecule has 17 heavy (non-hydrogen) atoms. The van der Waals surface area contributed by atoms with E-state index in [2.05, 4.69) is 6.92 Å². The molecule has 2 nitrogen and oxygen atoms in total. The molecule has 2 unspecified atom stereocenters. The van der Waals surface area contributed by atoms with Crippen molar-refractivity contribution in [2.24, 2.45) is 11.8 Å². The average molecular weight is 252 g/mol. The van der Waals surface area contributed by atoms with Crippen LogP contribution < -0.4 is 5.73 Å². The lowest BCUT2D eigenvalue weighted by Crippen LogP contribution is -2.21. The highest BCUT2D eigenvalue weighted by Gasteiger charge is 2.25. The van der Waals surface area contributed by atoms with Gasteiger partial charge in [0, 0.05) is 11.5 Å². The Labute approximate surface area is 107 Å². The van der Waals surface area contributed by atoms with E-state index in [0.717, 1.165) is 19.3 Å². The van der Waals surface area contributed by atoms with Crippen molar-refractivity contribution in [3.8, 4) is 0 Å². The highest BCUT2D eigenvalue weighted by Crippen LogP contribution is 2.31. The van der Waals surface area contributed by atoms with Gasteiger partial charge in [-0.2, -0.15) is 0 Å². The maximum absolute atomic E-state index is 12.3. The minimum absolute atomic E-state index is 0.166. The Balaban J connectivity index is 2.15. The van der Waals surface area contributed by atoms with Crippen LogP contribution in [-0.4, -0.2) is 5.78 Å². The molecule has 0 radical (unpaired) electrons. The summed E-state index contributed by atoms with van der Waals surface area (Å²) >= 11 is 5.86. The van der Waals surface area contributed by atoms with Gasteiger partial charge in [-0.3, -0.25) is 4.79 Å². The van der Waals surface area contributed by atoms with Crippen LogP contribution in [0.3, 0.4) is 0 Å². The van der Waals surface area contributed by atoms with Crippen LogP contribution in [0.1, 0.15) is 43.0 Å². The molecule has 1 aromatic carbocycles.